The average molecular weight is 332 g/mol. The summed E-state index contributed by atoms with van der Waals surface area (Å²) in [5, 5.41) is 2.18. The number of benzene rings is 2. The summed E-state index contributed by atoms with van der Waals surface area (Å²) in [6.45, 7) is 6.54. The quantitative estimate of drug-likeness (QED) is 0.826. The lowest BCUT2D eigenvalue weighted by Crippen LogP contribution is -2.67. The van der Waals surface area contributed by atoms with Gasteiger partial charge in [0, 0.05) is 6.54 Å². The van der Waals surface area contributed by atoms with Gasteiger partial charge in [-0.15, -0.1) is 0 Å². The van der Waals surface area contributed by atoms with Crippen molar-refractivity contribution in [1.29, 1.82) is 0 Å². The standard InChI is InChI=1S/C19H26FNOSi/c1-19(2,3)23(22-15-16(20)14-21,17-10-6-4-7-11-17)18-12-8-5-9-13-18/h4-13,16H,14-15,21H2,1-3H3. The van der Waals surface area contributed by atoms with Crippen LogP contribution in [0, 0.1) is 0 Å². The number of halogens is 1. The molecule has 2 rings (SSSR count). The summed E-state index contributed by atoms with van der Waals surface area (Å²) in [6, 6.07) is 20.5. The van der Waals surface area contributed by atoms with Gasteiger partial charge >= 0.3 is 0 Å². The molecular weight excluding hydrogens is 305 g/mol. The summed E-state index contributed by atoms with van der Waals surface area (Å²) in [5.41, 5.74) is 5.45. The average Bonchev–Trinajstić information content (AvgIpc) is 2.56. The van der Waals surface area contributed by atoms with Crippen LogP contribution in [0.4, 0.5) is 4.39 Å². The molecule has 0 spiro atoms. The minimum Gasteiger partial charge on any atom is -0.404 e. The highest BCUT2D eigenvalue weighted by molar-refractivity contribution is 6.99. The summed E-state index contributed by atoms with van der Waals surface area (Å²) < 4.78 is 20.3. The van der Waals surface area contributed by atoms with Crippen LogP contribution in [0.1, 0.15) is 20.8 Å². The molecule has 2 nitrogen and oxygen atoms in total. The SMILES string of the molecule is CC(C)(C)[Si](OCC(F)CN)(c1ccccc1)c1ccccc1. The summed E-state index contributed by atoms with van der Waals surface area (Å²) in [5.74, 6) is 0. The second-order valence-electron chi connectivity index (χ2n) is 6.81. The van der Waals surface area contributed by atoms with Gasteiger partial charge in [-0.1, -0.05) is 81.4 Å². The fraction of sp³-hybridized carbons (Fsp3) is 0.368. The van der Waals surface area contributed by atoms with E-state index < -0.39 is 14.5 Å². The van der Waals surface area contributed by atoms with Crippen molar-refractivity contribution in [3.8, 4) is 0 Å². The van der Waals surface area contributed by atoms with Crippen LogP contribution in [0.15, 0.2) is 60.7 Å². The van der Waals surface area contributed by atoms with Gasteiger partial charge in [0.2, 0.25) is 0 Å². The van der Waals surface area contributed by atoms with Crippen LogP contribution in [0.2, 0.25) is 5.04 Å². The number of alkyl halides is 1. The third-order valence-electron chi connectivity index (χ3n) is 4.15. The topological polar surface area (TPSA) is 35.2 Å². The van der Waals surface area contributed by atoms with Gasteiger partial charge in [-0.25, -0.2) is 4.39 Å². The van der Waals surface area contributed by atoms with Crippen molar-refractivity contribution < 1.29 is 8.82 Å². The summed E-state index contributed by atoms with van der Waals surface area (Å²) in [6.07, 6.45) is -1.14. The van der Waals surface area contributed by atoms with Gasteiger partial charge in [0.25, 0.3) is 8.32 Å². The first-order valence-electron chi connectivity index (χ1n) is 8.01. The van der Waals surface area contributed by atoms with E-state index >= 15 is 0 Å². The third kappa shape index (κ3) is 3.71. The van der Waals surface area contributed by atoms with Crippen LogP contribution in [0.5, 0.6) is 0 Å². The van der Waals surface area contributed by atoms with Crippen molar-refractivity contribution in [2.45, 2.75) is 32.0 Å². The Bertz CT molecular complexity index is 558. The van der Waals surface area contributed by atoms with Gasteiger partial charge in [-0.3, -0.25) is 0 Å². The number of rotatable bonds is 6. The highest BCUT2D eigenvalue weighted by atomic mass is 28.4. The first-order valence-corrected chi connectivity index (χ1v) is 9.92. The van der Waals surface area contributed by atoms with Crippen LogP contribution in [0.3, 0.4) is 0 Å². The van der Waals surface area contributed by atoms with Gasteiger partial charge in [0.1, 0.15) is 6.17 Å². The highest BCUT2D eigenvalue weighted by Crippen LogP contribution is 2.36. The maximum Gasteiger partial charge on any atom is 0.261 e. The third-order valence-corrected chi connectivity index (χ3v) is 9.16. The van der Waals surface area contributed by atoms with Crippen LogP contribution >= 0.6 is 0 Å². The predicted molar refractivity (Wildman–Crippen MR) is 97.5 cm³/mol. The Morgan fingerprint density at radius 1 is 0.957 bits per heavy atom. The van der Waals surface area contributed by atoms with E-state index in [1.165, 1.54) is 0 Å². The maximum absolute atomic E-state index is 13.9. The second-order valence-corrected chi connectivity index (χ2v) is 11.1. The molecule has 0 aromatic heterocycles. The van der Waals surface area contributed by atoms with Crippen LogP contribution < -0.4 is 16.1 Å². The molecule has 0 bridgehead atoms. The Kier molecular flexibility index (Phi) is 5.73. The number of nitrogens with two attached hydrogens (primary N) is 1. The molecule has 0 radical (unpaired) electrons. The van der Waals surface area contributed by atoms with Crippen molar-refractivity contribution in [3.63, 3.8) is 0 Å². The molecule has 124 valence electrons. The van der Waals surface area contributed by atoms with E-state index in [0.717, 1.165) is 10.4 Å². The molecule has 0 aliphatic carbocycles. The van der Waals surface area contributed by atoms with E-state index in [2.05, 4.69) is 45.0 Å². The van der Waals surface area contributed by atoms with Crippen LogP contribution in [-0.4, -0.2) is 27.6 Å². The molecule has 0 saturated heterocycles. The van der Waals surface area contributed by atoms with Crippen molar-refractivity contribution in [3.05, 3.63) is 60.7 Å². The molecule has 1 unspecified atom stereocenters. The lowest BCUT2D eigenvalue weighted by molar-refractivity contribution is 0.191. The largest absolute Gasteiger partial charge is 0.404 e. The molecule has 23 heavy (non-hydrogen) atoms. The summed E-state index contributed by atoms with van der Waals surface area (Å²) >= 11 is 0. The maximum atomic E-state index is 13.9. The molecule has 1 atom stereocenters. The second kappa shape index (κ2) is 7.38. The smallest absolute Gasteiger partial charge is 0.261 e. The zero-order valence-corrected chi connectivity index (χ0v) is 15.1. The molecule has 0 aliphatic rings. The van der Waals surface area contributed by atoms with Crippen molar-refractivity contribution in [2.24, 2.45) is 5.73 Å². The zero-order valence-electron chi connectivity index (χ0n) is 14.1. The van der Waals surface area contributed by atoms with Crippen molar-refractivity contribution >= 4 is 18.7 Å². The molecule has 2 aromatic rings. The van der Waals surface area contributed by atoms with Gasteiger partial charge < -0.3 is 10.2 Å². The molecular formula is C19H26FNOSi. The first-order chi connectivity index (χ1) is 10.9. The Balaban J connectivity index is 2.60. The molecule has 0 heterocycles. The minimum atomic E-state index is -2.62. The van der Waals surface area contributed by atoms with E-state index in [1.54, 1.807) is 0 Å². The Labute approximate surface area is 139 Å². The molecule has 0 fully saturated rings. The van der Waals surface area contributed by atoms with Crippen LogP contribution in [-0.2, 0) is 4.43 Å². The fourth-order valence-electron chi connectivity index (χ4n) is 3.05. The first kappa shape index (κ1) is 17.9. The monoisotopic (exact) mass is 331 g/mol. The molecule has 2 aromatic carbocycles. The van der Waals surface area contributed by atoms with Gasteiger partial charge in [0.15, 0.2) is 0 Å². The molecule has 0 amide bonds. The Morgan fingerprint density at radius 2 is 1.39 bits per heavy atom. The highest BCUT2D eigenvalue weighted by Gasteiger charge is 2.50. The molecule has 0 aliphatic heterocycles. The van der Waals surface area contributed by atoms with E-state index in [1.807, 2.05) is 36.4 Å². The molecule has 2 N–H and O–H groups in total. The van der Waals surface area contributed by atoms with E-state index in [-0.39, 0.29) is 18.2 Å². The van der Waals surface area contributed by atoms with Crippen molar-refractivity contribution in [1.82, 2.24) is 0 Å². The van der Waals surface area contributed by atoms with Gasteiger partial charge in [0.05, 0.1) is 6.61 Å². The minimum absolute atomic E-state index is 0.0157. The Morgan fingerprint density at radius 3 is 1.74 bits per heavy atom. The van der Waals surface area contributed by atoms with Crippen LogP contribution in [0.25, 0.3) is 0 Å². The number of hydrogen-bond acceptors (Lipinski definition) is 2. The molecule has 4 heteroatoms. The van der Waals surface area contributed by atoms with E-state index in [4.69, 9.17) is 10.2 Å². The summed E-state index contributed by atoms with van der Waals surface area (Å²) in [7, 11) is -2.62. The van der Waals surface area contributed by atoms with Gasteiger partial charge in [-0.05, 0) is 15.4 Å². The Hall–Kier alpha value is -1.49. The number of hydrogen-bond donors (Lipinski definition) is 1. The molecule has 0 saturated carbocycles. The van der Waals surface area contributed by atoms with Gasteiger partial charge in [-0.2, -0.15) is 0 Å². The summed E-state index contributed by atoms with van der Waals surface area (Å²) in [4.78, 5) is 0. The van der Waals surface area contributed by atoms with E-state index in [9.17, 15) is 4.39 Å². The van der Waals surface area contributed by atoms with E-state index in [0.29, 0.717) is 0 Å². The zero-order chi connectivity index (χ0) is 16.9. The lowest BCUT2D eigenvalue weighted by atomic mass is 10.2. The fourth-order valence-corrected chi connectivity index (χ4v) is 7.63. The van der Waals surface area contributed by atoms with Crippen molar-refractivity contribution in [2.75, 3.05) is 13.2 Å². The predicted octanol–water partition coefficient (Wildman–Crippen LogP) is 2.86. The normalized spacial score (nSPS) is 13.8. The lowest BCUT2D eigenvalue weighted by Gasteiger charge is -2.43.